The van der Waals surface area contributed by atoms with Gasteiger partial charge in [0.1, 0.15) is 5.82 Å². The Kier molecular flexibility index (Phi) is 3.35. The molecule has 0 aliphatic rings. The Labute approximate surface area is 97.6 Å². The van der Waals surface area contributed by atoms with Crippen molar-refractivity contribution in [2.75, 3.05) is 5.32 Å². The number of halogens is 1. The van der Waals surface area contributed by atoms with E-state index in [1.165, 1.54) is 30.7 Å². The highest BCUT2D eigenvalue weighted by molar-refractivity contribution is 6.02. The molecule has 86 valence electrons. The van der Waals surface area contributed by atoms with Gasteiger partial charge in [-0.3, -0.25) is 4.79 Å². The number of carbonyl (C=O) groups is 1. The lowest BCUT2D eigenvalue weighted by atomic mass is 10.3. The van der Waals surface area contributed by atoms with Crippen LogP contribution in [0.2, 0.25) is 0 Å². The number of hydrogen-bond donors (Lipinski definition) is 1. The second-order valence-electron chi connectivity index (χ2n) is 3.33. The number of ketones is 1. The molecule has 1 aromatic heterocycles. The van der Waals surface area contributed by atoms with Crippen LogP contribution in [0, 0.1) is 5.82 Å². The van der Waals surface area contributed by atoms with Crippen LogP contribution in [0.5, 0.6) is 0 Å². The number of rotatable bonds is 4. The summed E-state index contributed by atoms with van der Waals surface area (Å²) in [5.41, 5.74) is 0.704. The maximum absolute atomic E-state index is 12.6. The van der Waals surface area contributed by atoms with E-state index in [1.54, 1.807) is 24.3 Å². The first kappa shape index (κ1) is 11.1. The summed E-state index contributed by atoms with van der Waals surface area (Å²) in [6.07, 6.45) is 4.27. The van der Waals surface area contributed by atoms with Crippen molar-refractivity contribution in [1.82, 2.24) is 0 Å². The van der Waals surface area contributed by atoms with E-state index in [4.69, 9.17) is 4.42 Å². The normalized spacial score (nSPS) is 10.6. The highest BCUT2D eigenvalue weighted by atomic mass is 19.1. The molecule has 0 saturated carbocycles. The molecule has 2 rings (SSSR count). The second kappa shape index (κ2) is 5.12. The topological polar surface area (TPSA) is 42.2 Å². The second-order valence-corrected chi connectivity index (χ2v) is 3.33. The lowest BCUT2D eigenvalue weighted by Crippen LogP contribution is -1.94. The summed E-state index contributed by atoms with van der Waals surface area (Å²) in [7, 11) is 0. The number of anilines is 1. The van der Waals surface area contributed by atoms with E-state index in [1.807, 2.05) is 0 Å². The van der Waals surface area contributed by atoms with Gasteiger partial charge in [0, 0.05) is 18.0 Å². The first-order valence-electron chi connectivity index (χ1n) is 5.02. The Morgan fingerprint density at radius 3 is 2.65 bits per heavy atom. The number of furan rings is 1. The van der Waals surface area contributed by atoms with Gasteiger partial charge in [-0.15, -0.1) is 0 Å². The molecule has 0 radical (unpaired) electrons. The Hall–Kier alpha value is -2.36. The third-order valence-corrected chi connectivity index (χ3v) is 2.09. The highest BCUT2D eigenvalue weighted by Crippen LogP contribution is 2.08. The molecule has 1 heterocycles. The minimum absolute atomic E-state index is 0.232. The third-order valence-electron chi connectivity index (χ3n) is 2.09. The van der Waals surface area contributed by atoms with Crippen LogP contribution >= 0.6 is 0 Å². The fraction of sp³-hybridized carbons (Fsp3) is 0. The number of allylic oxidation sites excluding steroid dienone is 1. The summed E-state index contributed by atoms with van der Waals surface area (Å²) < 4.78 is 17.5. The zero-order valence-corrected chi connectivity index (χ0v) is 8.89. The van der Waals surface area contributed by atoms with Gasteiger partial charge in [0.15, 0.2) is 5.76 Å². The molecule has 1 N–H and O–H groups in total. The Balaban J connectivity index is 1.94. The van der Waals surface area contributed by atoms with Gasteiger partial charge in [-0.2, -0.15) is 0 Å². The number of benzene rings is 1. The van der Waals surface area contributed by atoms with Crippen LogP contribution < -0.4 is 5.32 Å². The summed E-state index contributed by atoms with van der Waals surface area (Å²) in [5.74, 6) is -0.252. The van der Waals surface area contributed by atoms with Gasteiger partial charge < -0.3 is 9.73 Å². The van der Waals surface area contributed by atoms with E-state index in [2.05, 4.69) is 5.32 Å². The van der Waals surface area contributed by atoms with Crippen molar-refractivity contribution in [1.29, 1.82) is 0 Å². The highest BCUT2D eigenvalue weighted by Gasteiger charge is 2.02. The molecule has 0 atom stereocenters. The Morgan fingerprint density at radius 2 is 2.00 bits per heavy atom. The van der Waals surface area contributed by atoms with Crippen LogP contribution in [0.15, 0.2) is 59.4 Å². The van der Waals surface area contributed by atoms with Crippen molar-refractivity contribution in [3.05, 3.63) is 66.5 Å². The van der Waals surface area contributed by atoms with Gasteiger partial charge >= 0.3 is 0 Å². The SMILES string of the molecule is O=C(/C=C\Nc1ccc(F)cc1)c1ccco1. The molecule has 0 saturated heterocycles. The van der Waals surface area contributed by atoms with Crippen molar-refractivity contribution in [2.24, 2.45) is 0 Å². The molecular formula is C13H10FNO2. The monoisotopic (exact) mass is 231 g/mol. The lowest BCUT2D eigenvalue weighted by molar-refractivity contribution is 0.102. The molecule has 1 aromatic carbocycles. The van der Waals surface area contributed by atoms with Crippen LogP contribution in [0.3, 0.4) is 0 Å². The predicted molar refractivity (Wildman–Crippen MR) is 62.2 cm³/mol. The Bertz CT molecular complexity index is 515. The van der Waals surface area contributed by atoms with Crippen LogP contribution in [0.4, 0.5) is 10.1 Å². The summed E-state index contributed by atoms with van der Waals surface area (Å²) in [4.78, 5) is 11.5. The molecule has 0 spiro atoms. The van der Waals surface area contributed by atoms with E-state index in [9.17, 15) is 9.18 Å². The van der Waals surface area contributed by atoms with Crippen molar-refractivity contribution in [3.63, 3.8) is 0 Å². The lowest BCUT2D eigenvalue weighted by Gasteiger charge is -1.98. The molecule has 17 heavy (non-hydrogen) atoms. The number of hydrogen-bond acceptors (Lipinski definition) is 3. The van der Waals surface area contributed by atoms with Gasteiger partial charge in [-0.1, -0.05) is 0 Å². The summed E-state index contributed by atoms with van der Waals surface area (Å²) in [6.45, 7) is 0. The van der Waals surface area contributed by atoms with Crippen LogP contribution in [0.1, 0.15) is 10.6 Å². The first-order chi connectivity index (χ1) is 8.25. The fourth-order valence-corrected chi connectivity index (χ4v) is 1.26. The van der Waals surface area contributed by atoms with E-state index in [0.29, 0.717) is 5.69 Å². The van der Waals surface area contributed by atoms with Gasteiger partial charge in [0.25, 0.3) is 0 Å². The third kappa shape index (κ3) is 3.04. The van der Waals surface area contributed by atoms with Gasteiger partial charge in [-0.25, -0.2) is 4.39 Å². The maximum Gasteiger partial charge on any atom is 0.222 e. The van der Waals surface area contributed by atoms with Gasteiger partial charge in [0.2, 0.25) is 5.78 Å². The average Bonchev–Trinajstić information content (AvgIpc) is 2.85. The number of carbonyl (C=O) groups excluding carboxylic acids is 1. The van der Waals surface area contributed by atoms with E-state index < -0.39 is 0 Å². The molecule has 0 aliphatic carbocycles. The first-order valence-corrected chi connectivity index (χ1v) is 5.02. The molecule has 4 heteroatoms. The molecule has 3 nitrogen and oxygen atoms in total. The smallest absolute Gasteiger partial charge is 0.222 e. The average molecular weight is 231 g/mol. The van der Waals surface area contributed by atoms with Crippen LogP contribution in [-0.2, 0) is 0 Å². The van der Waals surface area contributed by atoms with Crippen LogP contribution in [0.25, 0.3) is 0 Å². The maximum atomic E-state index is 12.6. The van der Waals surface area contributed by atoms with Crippen molar-refractivity contribution in [2.45, 2.75) is 0 Å². The van der Waals surface area contributed by atoms with E-state index in [0.717, 1.165) is 0 Å². The largest absolute Gasteiger partial charge is 0.461 e. The molecular weight excluding hydrogens is 221 g/mol. The van der Waals surface area contributed by atoms with Crippen molar-refractivity contribution in [3.8, 4) is 0 Å². The zero-order valence-electron chi connectivity index (χ0n) is 8.89. The molecule has 0 aliphatic heterocycles. The molecule has 0 unspecified atom stereocenters. The van der Waals surface area contributed by atoms with Crippen molar-refractivity contribution >= 4 is 11.5 Å². The predicted octanol–water partition coefficient (Wildman–Crippen LogP) is 3.23. The minimum atomic E-state index is -0.300. The fourth-order valence-electron chi connectivity index (χ4n) is 1.26. The summed E-state index contributed by atoms with van der Waals surface area (Å²) in [5, 5.41) is 2.85. The van der Waals surface area contributed by atoms with Gasteiger partial charge in [-0.05, 0) is 36.4 Å². The molecule has 2 aromatic rings. The Morgan fingerprint density at radius 1 is 1.24 bits per heavy atom. The summed E-state index contributed by atoms with van der Waals surface area (Å²) >= 11 is 0. The summed E-state index contributed by atoms with van der Waals surface area (Å²) in [6, 6.07) is 9.07. The van der Waals surface area contributed by atoms with Crippen LogP contribution in [-0.4, -0.2) is 5.78 Å². The molecule has 0 fully saturated rings. The van der Waals surface area contributed by atoms with E-state index in [-0.39, 0.29) is 17.4 Å². The minimum Gasteiger partial charge on any atom is -0.461 e. The molecule has 0 bridgehead atoms. The van der Waals surface area contributed by atoms with E-state index >= 15 is 0 Å². The quantitative estimate of drug-likeness (QED) is 0.648. The zero-order chi connectivity index (χ0) is 12.1. The standard InChI is InChI=1S/C13H10FNO2/c14-10-3-5-11(6-4-10)15-8-7-12(16)13-2-1-9-17-13/h1-9,15H/b8-7-. The van der Waals surface area contributed by atoms with Crippen molar-refractivity contribution < 1.29 is 13.6 Å². The number of nitrogens with one attached hydrogen (secondary N) is 1. The van der Waals surface area contributed by atoms with Gasteiger partial charge in [0.05, 0.1) is 6.26 Å². The molecule has 0 amide bonds.